The van der Waals surface area contributed by atoms with Crippen molar-refractivity contribution in [1.29, 1.82) is 0 Å². The molecule has 0 spiro atoms. The van der Waals surface area contributed by atoms with Crippen LogP contribution in [0.5, 0.6) is 5.75 Å². The zero-order chi connectivity index (χ0) is 21.3. The Morgan fingerprint density at radius 3 is 2.47 bits per heavy atom. The van der Waals surface area contributed by atoms with Gasteiger partial charge < -0.3 is 10.1 Å². The van der Waals surface area contributed by atoms with Gasteiger partial charge in [-0.25, -0.2) is 8.42 Å². The number of rotatable bonds is 5. The van der Waals surface area contributed by atoms with Crippen LogP contribution in [0.15, 0.2) is 77.7 Å². The van der Waals surface area contributed by atoms with Crippen molar-refractivity contribution >= 4 is 27.3 Å². The highest BCUT2D eigenvalue weighted by atomic mass is 32.2. The molecule has 3 aromatic rings. The topological polar surface area (TPSA) is 75.7 Å². The molecule has 0 aromatic heterocycles. The summed E-state index contributed by atoms with van der Waals surface area (Å²) >= 11 is 0. The van der Waals surface area contributed by atoms with E-state index in [9.17, 15) is 13.2 Å². The molecule has 1 heterocycles. The Labute approximate surface area is 176 Å². The van der Waals surface area contributed by atoms with E-state index in [0.29, 0.717) is 29.1 Å². The second-order valence-electron chi connectivity index (χ2n) is 7.16. The third-order valence-corrected chi connectivity index (χ3v) is 7.09. The van der Waals surface area contributed by atoms with Gasteiger partial charge in [0.25, 0.3) is 15.9 Å². The van der Waals surface area contributed by atoms with Gasteiger partial charge in [0.2, 0.25) is 0 Å². The second-order valence-corrected chi connectivity index (χ2v) is 8.98. The molecule has 154 valence electrons. The van der Waals surface area contributed by atoms with Gasteiger partial charge in [0.05, 0.1) is 23.4 Å². The number of hydrogen-bond donors (Lipinski definition) is 1. The van der Waals surface area contributed by atoms with Crippen LogP contribution in [-0.2, 0) is 16.4 Å². The largest absolute Gasteiger partial charge is 0.495 e. The van der Waals surface area contributed by atoms with E-state index in [4.69, 9.17) is 4.74 Å². The van der Waals surface area contributed by atoms with Crippen LogP contribution in [-0.4, -0.2) is 27.5 Å². The molecule has 6 nitrogen and oxygen atoms in total. The molecule has 0 saturated heterocycles. The molecule has 0 aliphatic carbocycles. The van der Waals surface area contributed by atoms with E-state index in [1.807, 2.05) is 19.1 Å². The summed E-state index contributed by atoms with van der Waals surface area (Å²) in [6.45, 7) is 1.87. The van der Waals surface area contributed by atoms with Crippen LogP contribution in [0.3, 0.4) is 0 Å². The third-order valence-electron chi connectivity index (χ3n) is 5.15. The molecule has 4 rings (SSSR count). The van der Waals surface area contributed by atoms with Crippen molar-refractivity contribution < 1.29 is 17.9 Å². The van der Waals surface area contributed by atoms with Crippen LogP contribution in [0.4, 0.5) is 11.4 Å². The predicted molar refractivity (Wildman–Crippen MR) is 117 cm³/mol. The van der Waals surface area contributed by atoms with Gasteiger partial charge in [-0.05, 0) is 61.4 Å². The molecular weight excluding hydrogens is 400 g/mol. The van der Waals surface area contributed by atoms with Crippen molar-refractivity contribution in [2.24, 2.45) is 0 Å². The maximum absolute atomic E-state index is 13.2. The summed E-state index contributed by atoms with van der Waals surface area (Å²) < 4.78 is 33.1. The average Bonchev–Trinajstić information content (AvgIpc) is 3.10. The Morgan fingerprint density at radius 1 is 1.03 bits per heavy atom. The number of anilines is 2. The number of methoxy groups -OCH3 is 1. The van der Waals surface area contributed by atoms with E-state index in [1.54, 1.807) is 67.8 Å². The molecule has 0 saturated carbocycles. The maximum Gasteiger partial charge on any atom is 0.264 e. The quantitative estimate of drug-likeness (QED) is 0.672. The Kier molecular flexibility index (Phi) is 5.22. The van der Waals surface area contributed by atoms with Gasteiger partial charge in [-0.2, -0.15) is 0 Å². The zero-order valence-corrected chi connectivity index (χ0v) is 17.5. The van der Waals surface area contributed by atoms with Gasteiger partial charge >= 0.3 is 0 Å². The first kappa shape index (κ1) is 20.0. The van der Waals surface area contributed by atoms with E-state index in [1.165, 1.54) is 4.31 Å². The van der Waals surface area contributed by atoms with Gasteiger partial charge in [0.15, 0.2) is 0 Å². The van der Waals surface area contributed by atoms with Gasteiger partial charge in [0, 0.05) is 11.6 Å². The zero-order valence-electron chi connectivity index (χ0n) is 16.7. The summed E-state index contributed by atoms with van der Waals surface area (Å²) in [6.07, 6.45) is 0.539. The standard InChI is InChI=1S/C23H22N2O4S/c1-16-14-18-15-17(23(26)24-20-10-6-7-11-22(20)29-2)12-13-21(18)25(16)30(27,28)19-8-4-3-5-9-19/h3-13,15-16H,14H2,1-2H3,(H,24,26)/t16-/m1/s1. The van der Waals surface area contributed by atoms with Gasteiger partial charge in [-0.1, -0.05) is 30.3 Å². The number of sulfonamides is 1. The summed E-state index contributed by atoms with van der Waals surface area (Å²) in [6, 6.07) is 20.4. The molecule has 0 bridgehead atoms. The minimum absolute atomic E-state index is 0.238. The number of nitrogens with one attached hydrogen (secondary N) is 1. The molecule has 30 heavy (non-hydrogen) atoms. The highest BCUT2D eigenvalue weighted by molar-refractivity contribution is 7.92. The molecule has 1 amide bonds. The first-order valence-electron chi connectivity index (χ1n) is 9.58. The summed E-state index contributed by atoms with van der Waals surface area (Å²) in [5.74, 6) is 0.292. The van der Waals surface area contributed by atoms with Crippen LogP contribution in [0.25, 0.3) is 0 Å². The molecular formula is C23H22N2O4S. The minimum atomic E-state index is -3.68. The molecule has 1 atom stereocenters. The monoisotopic (exact) mass is 422 g/mol. The summed E-state index contributed by atoms with van der Waals surface area (Å²) in [4.78, 5) is 13.0. The molecule has 1 aliphatic rings. The van der Waals surface area contributed by atoms with E-state index < -0.39 is 10.0 Å². The summed E-state index contributed by atoms with van der Waals surface area (Å²) in [5, 5.41) is 2.85. The van der Waals surface area contributed by atoms with Crippen LogP contribution in [0.1, 0.15) is 22.8 Å². The lowest BCUT2D eigenvalue weighted by atomic mass is 10.1. The molecule has 7 heteroatoms. The van der Waals surface area contributed by atoms with Crippen molar-refractivity contribution in [3.8, 4) is 5.75 Å². The highest BCUT2D eigenvalue weighted by Crippen LogP contribution is 2.37. The van der Waals surface area contributed by atoms with Crippen molar-refractivity contribution in [3.63, 3.8) is 0 Å². The van der Waals surface area contributed by atoms with Crippen molar-refractivity contribution in [2.45, 2.75) is 24.3 Å². The van der Waals surface area contributed by atoms with Crippen molar-refractivity contribution in [1.82, 2.24) is 0 Å². The van der Waals surface area contributed by atoms with E-state index in [0.717, 1.165) is 5.56 Å². The van der Waals surface area contributed by atoms with Crippen molar-refractivity contribution in [2.75, 3.05) is 16.7 Å². The summed E-state index contributed by atoms with van der Waals surface area (Å²) in [7, 11) is -2.13. The van der Waals surface area contributed by atoms with E-state index in [-0.39, 0.29) is 16.8 Å². The lowest BCUT2D eigenvalue weighted by Gasteiger charge is -2.24. The Bertz CT molecular complexity index is 1190. The molecule has 1 aliphatic heterocycles. The van der Waals surface area contributed by atoms with Crippen LogP contribution in [0, 0.1) is 0 Å². The fraction of sp³-hybridized carbons (Fsp3) is 0.174. The number of fused-ring (bicyclic) bond motifs is 1. The highest BCUT2D eigenvalue weighted by Gasteiger charge is 2.36. The maximum atomic E-state index is 13.2. The van der Waals surface area contributed by atoms with Crippen molar-refractivity contribution in [3.05, 3.63) is 83.9 Å². The van der Waals surface area contributed by atoms with Gasteiger partial charge in [0.1, 0.15) is 5.75 Å². The Hall–Kier alpha value is -3.32. The second kappa shape index (κ2) is 7.84. The number of amides is 1. The summed E-state index contributed by atoms with van der Waals surface area (Å²) in [5.41, 5.74) is 2.48. The predicted octanol–water partition coefficient (Wildman–Crippen LogP) is 4.09. The minimum Gasteiger partial charge on any atom is -0.495 e. The Morgan fingerprint density at radius 2 is 1.73 bits per heavy atom. The molecule has 1 N–H and O–H groups in total. The first-order chi connectivity index (χ1) is 14.4. The van der Waals surface area contributed by atoms with E-state index >= 15 is 0 Å². The lowest BCUT2D eigenvalue weighted by Crippen LogP contribution is -2.35. The number of ether oxygens (including phenoxy) is 1. The number of benzene rings is 3. The Balaban J connectivity index is 1.64. The number of carbonyl (C=O) groups excluding carboxylic acids is 1. The first-order valence-corrected chi connectivity index (χ1v) is 11.0. The molecule has 3 aromatic carbocycles. The SMILES string of the molecule is COc1ccccc1NC(=O)c1ccc2c(c1)C[C@@H](C)N2S(=O)(=O)c1ccccc1. The number of hydrogen-bond acceptors (Lipinski definition) is 4. The molecule has 0 fully saturated rings. The number of nitrogens with zero attached hydrogens (tertiary/aromatic N) is 1. The third kappa shape index (κ3) is 3.52. The van der Waals surface area contributed by atoms with E-state index in [2.05, 4.69) is 5.32 Å². The van der Waals surface area contributed by atoms with Gasteiger partial charge in [-0.15, -0.1) is 0 Å². The smallest absolute Gasteiger partial charge is 0.264 e. The van der Waals surface area contributed by atoms with Crippen LogP contribution >= 0.6 is 0 Å². The average molecular weight is 423 g/mol. The van der Waals surface area contributed by atoms with Crippen LogP contribution < -0.4 is 14.4 Å². The number of carbonyl (C=O) groups is 1. The fourth-order valence-corrected chi connectivity index (χ4v) is 5.47. The normalized spacial score (nSPS) is 15.5. The van der Waals surface area contributed by atoms with Gasteiger partial charge in [-0.3, -0.25) is 9.10 Å². The van der Waals surface area contributed by atoms with Crippen LogP contribution in [0.2, 0.25) is 0 Å². The molecule has 0 unspecified atom stereocenters. The molecule has 0 radical (unpaired) electrons. The number of para-hydroxylation sites is 2. The lowest BCUT2D eigenvalue weighted by molar-refractivity contribution is 0.102. The fourth-order valence-electron chi connectivity index (χ4n) is 3.76.